The Balaban J connectivity index is 2.24. The Morgan fingerprint density at radius 1 is 1.78 bits per heavy atom. The first-order valence-electron chi connectivity index (χ1n) is 6.09. The minimum absolute atomic E-state index is 0.244. The van der Waals surface area contributed by atoms with Crippen LogP contribution in [-0.2, 0) is 13.1 Å². The van der Waals surface area contributed by atoms with E-state index in [4.69, 9.17) is 5.21 Å². The molecule has 1 aliphatic heterocycles. The summed E-state index contributed by atoms with van der Waals surface area (Å²) in [5, 5.41) is 12.8. The van der Waals surface area contributed by atoms with Crippen LogP contribution in [0.3, 0.4) is 0 Å². The van der Waals surface area contributed by atoms with E-state index in [0.29, 0.717) is 12.6 Å². The summed E-state index contributed by atoms with van der Waals surface area (Å²) in [5.74, 6) is -0.575. The maximum absolute atomic E-state index is 11.3. The Bertz CT molecular complexity index is 455. The molecule has 2 heterocycles. The van der Waals surface area contributed by atoms with Crippen molar-refractivity contribution in [2.45, 2.75) is 38.9 Å². The molecule has 18 heavy (non-hydrogen) atoms. The van der Waals surface area contributed by atoms with Crippen molar-refractivity contribution < 1.29 is 10.0 Å². The number of nitrogens with zero attached hydrogens (tertiary/aromatic N) is 3. The highest BCUT2D eigenvalue weighted by atomic mass is 16.5. The van der Waals surface area contributed by atoms with Crippen LogP contribution in [0.4, 0.5) is 0 Å². The summed E-state index contributed by atoms with van der Waals surface area (Å²) in [5.41, 5.74) is 2.81. The van der Waals surface area contributed by atoms with Gasteiger partial charge in [0.25, 0.3) is 5.91 Å². The Labute approximate surface area is 106 Å². The smallest absolute Gasteiger partial charge is 0.295 e. The summed E-state index contributed by atoms with van der Waals surface area (Å²) in [6.07, 6.45) is 3.99. The first kappa shape index (κ1) is 12.6. The van der Waals surface area contributed by atoms with Crippen molar-refractivity contribution in [3.63, 3.8) is 0 Å². The van der Waals surface area contributed by atoms with Crippen molar-refractivity contribution >= 4 is 5.91 Å². The van der Waals surface area contributed by atoms with Crippen molar-refractivity contribution in [1.29, 1.82) is 0 Å². The molecular formula is C12H18N4O2. The number of rotatable bonds is 4. The SMILES string of the molecule is C=CN1Cc2cc(C(=O)NO)nn2CC1CCC. The van der Waals surface area contributed by atoms with Crippen LogP contribution in [0.5, 0.6) is 0 Å². The van der Waals surface area contributed by atoms with Crippen LogP contribution in [0.2, 0.25) is 0 Å². The predicted molar refractivity (Wildman–Crippen MR) is 65.9 cm³/mol. The maximum atomic E-state index is 11.3. The highest BCUT2D eigenvalue weighted by Crippen LogP contribution is 2.21. The van der Waals surface area contributed by atoms with Crippen molar-refractivity contribution in [3.8, 4) is 0 Å². The lowest BCUT2D eigenvalue weighted by Crippen LogP contribution is -2.39. The van der Waals surface area contributed by atoms with Gasteiger partial charge >= 0.3 is 0 Å². The van der Waals surface area contributed by atoms with Gasteiger partial charge in [-0.15, -0.1) is 0 Å². The van der Waals surface area contributed by atoms with Gasteiger partial charge in [0, 0.05) is 6.04 Å². The molecule has 1 atom stereocenters. The van der Waals surface area contributed by atoms with E-state index in [1.165, 1.54) is 0 Å². The van der Waals surface area contributed by atoms with Crippen molar-refractivity contribution in [2.75, 3.05) is 0 Å². The van der Waals surface area contributed by atoms with Gasteiger partial charge in [-0.2, -0.15) is 5.10 Å². The number of carbonyl (C=O) groups excluding carboxylic acids is 1. The molecule has 0 spiro atoms. The van der Waals surface area contributed by atoms with E-state index < -0.39 is 5.91 Å². The molecule has 0 aromatic carbocycles. The molecule has 2 N–H and O–H groups in total. The van der Waals surface area contributed by atoms with Gasteiger partial charge in [0.15, 0.2) is 5.69 Å². The standard InChI is InChI=1S/C12H18N4O2/c1-3-5-9-8-16-10(7-15(9)4-2)6-11(13-16)12(17)14-18/h4,6,9,18H,2-3,5,7-8H2,1H3,(H,14,17). The topological polar surface area (TPSA) is 70.4 Å². The van der Waals surface area contributed by atoms with Crippen LogP contribution in [0.15, 0.2) is 18.8 Å². The number of nitrogens with one attached hydrogen (secondary N) is 1. The molecule has 1 aromatic heterocycles. The summed E-state index contributed by atoms with van der Waals surface area (Å²) in [6.45, 7) is 7.41. The number of fused-ring (bicyclic) bond motifs is 1. The van der Waals surface area contributed by atoms with Gasteiger partial charge in [-0.05, 0) is 18.7 Å². The molecule has 2 rings (SSSR count). The zero-order chi connectivity index (χ0) is 13.1. The summed E-state index contributed by atoms with van der Waals surface area (Å²) >= 11 is 0. The van der Waals surface area contributed by atoms with E-state index in [0.717, 1.165) is 25.1 Å². The van der Waals surface area contributed by atoms with Crippen LogP contribution in [0.1, 0.15) is 35.9 Å². The maximum Gasteiger partial charge on any atom is 0.295 e. The normalized spacial score (nSPS) is 18.3. The van der Waals surface area contributed by atoms with Gasteiger partial charge in [0.05, 0.1) is 18.8 Å². The van der Waals surface area contributed by atoms with Crippen molar-refractivity contribution in [1.82, 2.24) is 20.2 Å². The van der Waals surface area contributed by atoms with Crippen LogP contribution < -0.4 is 5.48 Å². The molecule has 1 aromatic rings. The first-order chi connectivity index (χ1) is 8.69. The van der Waals surface area contributed by atoms with E-state index in [-0.39, 0.29) is 5.69 Å². The third-order valence-corrected chi connectivity index (χ3v) is 3.25. The lowest BCUT2D eigenvalue weighted by atomic mass is 10.1. The molecular weight excluding hydrogens is 232 g/mol. The highest BCUT2D eigenvalue weighted by molar-refractivity contribution is 5.91. The molecule has 0 saturated carbocycles. The molecule has 1 aliphatic rings. The fraction of sp³-hybridized carbons (Fsp3) is 0.500. The zero-order valence-corrected chi connectivity index (χ0v) is 10.5. The van der Waals surface area contributed by atoms with Gasteiger partial charge < -0.3 is 4.90 Å². The third-order valence-electron chi connectivity index (χ3n) is 3.25. The molecule has 6 heteroatoms. The van der Waals surface area contributed by atoms with E-state index >= 15 is 0 Å². The second-order valence-corrected chi connectivity index (χ2v) is 4.44. The second kappa shape index (κ2) is 5.22. The average Bonchev–Trinajstić information content (AvgIpc) is 2.80. The van der Waals surface area contributed by atoms with Crippen molar-refractivity contribution in [3.05, 3.63) is 30.2 Å². The van der Waals surface area contributed by atoms with Crippen molar-refractivity contribution in [2.24, 2.45) is 0 Å². The molecule has 0 aliphatic carbocycles. The highest BCUT2D eigenvalue weighted by Gasteiger charge is 2.25. The van der Waals surface area contributed by atoms with E-state index in [2.05, 4.69) is 23.5 Å². The summed E-state index contributed by atoms with van der Waals surface area (Å²) < 4.78 is 1.84. The lowest BCUT2D eigenvalue weighted by Gasteiger charge is -2.35. The second-order valence-electron chi connectivity index (χ2n) is 4.44. The van der Waals surface area contributed by atoms with Crippen LogP contribution >= 0.6 is 0 Å². The number of hydrogen-bond acceptors (Lipinski definition) is 4. The van der Waals surface area contributed by atoms with E-state index in [9.17, 15) is 4.79 Å². The van der Waals surface area contributed by atoms with E-state index in [1.54, 1.807) is 11.5 Å². The minimum atomic E-state index is -0.575. The zero-order valence-electron chi connectivity index (χ0n) is 10.5. The van der Waals surface area contributed by atoms with Gasteiger partial charge in [-0.25, -0.2) is 5.48 Å². The Morgan fingerprint density at radius 3 is 3.17 bits per heavy atom. The number of carbonyl (C=O) groups is 1. The Morgan fingerprint density at radius 2 is 2.56 bits per heavy atom. The fourth-order valence-electron chi connectivity index (χ4n) is 2.33. The van der Waals surface area contributed by atoms with Gasteiger partial charge in [0.2, 0.25) is 0 Å². The third kappa shape index (κ3) is 2.24. The predicted octanol–water partition coefficient (Wildman–Crippen LogP) is 1.13. The molecule has 6 nitrogen and oxygen atoms in total. The first-order valence-corrected chi connectivity index (χ1v) is 6.09. The molecule has 1 unspecified atom stereocenters. The fourth-order valence-corrected chi connectivity index (χ4v) is 2.33. The monoisotopic (exact) mass is 250 g/mol. The van der Waals surface area contributed by atoms with E-state index in [1.807, 2.05) is 10.9 Å². The number of hydrogen-bond donors (Lipinski definition) is 2. The van der Waals surface area contributed by atoms with Gasteiger partial charge in [-0.3, -0.25) is 14.7 Å². The molecule has 0 bridgehead atoms. The molecule has 1 amide bonds. The summed E-state index contributed by atoms with van der Waals surface area (Å²) in [6, 6.07) is 2.06. The largest absolute Gasteiger partial charge is 0.367 e. The minimum Gasteiger partial charge on any atom is -0.367 e. The quantitative estimate of drug-likeness (QED) is 0.621. The van der Waals surface area contributed by atoms with Crippen LogP contribution in [0, 0.1) is 0 Å². The van der Waals surface area contributed by atoms with Crippen LogP contribution in [0.25, 0.3) is 0 Å². The number of aromatic nitrogens is 2. The average molecular weight is 250 g/mol. The Hall–Kier alpha value is -1.82. The Kier molecular flexibility index (Phi) is 3.66. The summed E-state index contributed by atoms with van der Waals surface area (Å²) in [4.78, 5) is 13.5. The molecule has 0 radical (unpaired) electrons. The summed E-state index contributed by atoms with van der Waals surface area (Å²) in [7, 11) is 0. The molecule has 98 valence electrons. The van der Waals surface area contributed by atoms with Crippen LogP contribution in [-0.4, -0.2) is 31.8 Å². The number of amides is 1. The lowest BCUT2D eigenvalue weighted by molar-refractivity contribution is 0.0699. The van der Waals surface area contributed by atoms with Gasteiger partial charge in [0.1, 0.15) is 0 Å². The van der Waals surface area contributed by atoms with Gasteiger partial charge in [-0.1, -0.05) is 19.9 Å². The number of hydroxylamine groups is 1. The molecule has 0 fully saturated rings. The molecule has 0 saturated heterocycles.